The van der Waals surface area contributed by atoms with Gasteiger partial charge in [-0.1, -0.05) is 23.7 Å². The smallest absolute Gasteiger partial charge is 0.138 e. The lowest BCUT2D eigenvalue weighted by Crippen LogP contribution is -2.04. The standard InChI is InChI=1S/C10H10Cl2O/c1-7-2-3-8(10(12)4-7)5-9(11)6-13/h2-4,6,9H,5H2,1H3. The molecule has 0 saturated carbocycles. The summed E-state index contributed by atoms with van der Waals surface area (Å²) in [5.74, 6) is 0. The van der Waals surface area contributed by atoms with Crippen LogP contribution in [0.2, 0.25) is 5.02 Å². The maximum Gasteiger partial charge on any atom is 0.138 e. The third-order valence-corrected chi connectivity index (χ3v) is 2.38. The van der Waals surface area contributed by atoms with Gasteiger partial charge in [0, 0.05) is 5.02 Å². The van der Waals surface area contributed by atoms with Crippen molar-refractivity contribution in [3.8, 4) is 0 Å². The van der Waals surface area contributed by atoms with Crippen molar-refractivity contribution in [3.63, 3.8) is 0 Å². The van der Waals surface area contributed by atoms with E-state index in [9.17, 15) is 4.79 Å². The molecule has 1 aromatic carbocycles. The minimum absolute atomic E-state index is 0.486. The summed E-state index contributed by atoms with van der Waals surface area (Å²) in [7, 11) is 0. The third kappa shape index (κ3) is 3.02. The zero-order valence-electron chi connectivity index (χ0n) is 7.26. The van der Waals surface area contributed by atoms with Crippen LogP contribution in [0.1, 0.15) is 11.1 Å². The summed E-state index contributed by atoms with van der Waals surface area (Å²) in [5, 5.41) is 0.188. The van der Waals surface area contributed by atoms with E-state index in [0.717, 1.165) is 17.4 Å². The molecule has 70 valence electrons. The molecule has 1 nitrogen and oxygen atoms in total. The molecule has 0 radical (unpaired) electrons. The average Bonchev–Trinajstić information content (AvgIpc) is 2.09. The van der Waals surface area contributed by atoms with Crippen molar-refractivity contribution in [2.24, 2.45) is 0 Å². The zero-order valence-corrected chi connectivity index (χ0v) is 8.77. The molecule has 0 aliphatic carbocycles. The second kappa shape index (κ2) is 4.64. The van der Waals surface area contributed by atoms with Crippen LogP contribution in [0.15, 0.2) is 18.2 Å². The lowest BCUT2D eigenvalue weighted by atomic mass is 10.1. The van der Waals surface area contributed by atoms with Gasteiger partial charge in [-0.05, 0) is 30.5 Å². The van der Waals surface area contributed by atoms with Crippen molar-refractivity contribution in [2.75, 3.05) is 0 Å². The molecule has 0 fully saturated rings. The Hall–Kier alpha value is -0.530. The molecule has 0 aliphatic rings. The van der Waals surface area contributed by atoms with Gasteiger partial charge in [-0.2, -0.15) is 0 Å². The quantitative estimate of drug-likeness (QED) is 0.561. The number of benzene rings is 1. The van der Waals surface area contributed by atoms with Crippen LogP contribution in [0, 0.1) is 6.92 Å². The molecule has 0 saturated heterocycles. The van der Waals surface area contributed by atoms with Crippen LogP contribution in [0.5, 0.6) is 0 Å². The van der Waals surface area contributed by atoms with Crippen molar-refractivity contribution in [1.29, 1.82) is 0 Å². The molecule has 0 amide bonds. The predicted octanol–water partition coefficient (Wildman–Crippen LogP) is 3.00. The van der Waals surface area contributed by atoms with Crippen LogP contribution in [-0.2, 0) is 11.2 Å². The number of hydrogen-bond donors (Lipinski definition) is 0. The van der Waals surface area contributed by atoms with Crippen molar-refractivity contribution in [1.82, 2.24) is 0 Å². The summed E-state index contributed by atoms with van der Waals surface area (Å²) in [6.07, 6.45) is 1.21. The van der Waals surface area contributed by atoms with Gasteiger partial charge in [0.15, 0.2) is 0 Å². The zero-order chi connectivity index (χ0) is 9.84. The Labute approximate surface area is 87.7 Å². The molecule has 3 heteroatoms. The molecule has 0 N–H and O–H groups in total. The number of halogens is 2. The topological polar surface area (TPSA) is 17.1 Å². The first-order valence-corrected chi connectivity index (χ1v) is 4.79. The van der Waals surface area contributed by atoms with Crippen molar-refractivity contribution < 1.29 is 4.79 Å². The fourth-order valence-corrected chi connectivity index (χ4v) is 1.55. The average molecular weight is 217 g/mol. The monoisotopic (exact) mass is 216 g/mol. The van der Waals surface area contributed by atoms with Gasteiger partial charge in [0.2, 0.25) is 0 Å². The molecule has 0 heterocycles. The molecular formula is C10H10Cl2O. The number of carbonyl (C=O) groups excluding carboxylic acids is 1. The Bertz CT molecular complexity index is 310. The first kappa shape index (κ1) is 10.6. The first-order chi connectivity index (χ1) is 6.13. The second-order valence-electron chi connectivity index (χ2n) is 2.95. The van der Waals surface area contributed by atoms with Gasteiger partial charge < -0.3 is 4.79 Å². The Morgan fingerprint density at radius 2 is 2.23 bits per heavy atom. The van der Waals surface area contributed by atoms with E-state index in [1.807, 2.05) is 25.1 Å². The number of aryl methyl sites for hydroxylation is 1. The molecule has 0 aliphatic heterocycles. The largest absolute Gasteiger partial charge is 0.302 e. The minimum Gasteiger partial charge on any atom is -0.302 e. The maximum atomic E-state index is 10.3. The summed E-state index contributed by atoms with van der Waals surface area (Å²) >= 11 is 11.6. The Morgan fingerprint density at radius 3 is 2.77 bits per heavy atom. The highest BCUT2D eigenvalue weighted by molar-refractivity contribution is 6.32. The number of rotatable bonds is 3. The van der Waals surface area contributed by atoms with E-state index in [1.54, 1.807) is 0 Å². The molecule has 0 bridgehead atoms. The summed E-state index contributed by atoms with van der Waals surface area (Å²) < 4.78 is 0. The van der Waals surface area contributed by atoms with E-state index in [-0.39, 0.29) is 0 Å². The summed E-state index contributed by atoms with van der Waals surface area (Å²) in [6, 6.07) is 5.72. The van der Waals surface area contributed by atoms with Crippen molar-refractivity contribution in [3.05, 3.63) is 34.3 Å². The van der Waals surface area contributed by atoms with Crippen LogP contribution in [0.3, 0.4) is 0 Å². The third-order valence-electron chi connectivity index (χ3n) is 1.77. The summed E-state index contributed by atoms with van der Waals surface area (Å²) in [4.78, 5) is 10.3. The molecule has 13 heavy (non-hydrogen) atoms. The number of carbonyl (C=O) groups is 1. The van der Waals surface area contributed by atoms with E-state index < -0.39 is 5.38 Å². The summed E-state index contributed by atoms with van der Waals surface area (Å²) in [6.45, 7) is 1.97. The Balaban J connectivity index is 2.83. The van der Waals surface area contributed by atoms with E-state index >= 15 is 0 Å². The predicted molar refractivity (Wildman–Crippen MR) is 55.6 cm³/mol. The van der Waals surface area contributed by atoms with Crippen molar-refractivity contribution in [2.45, 2.75) is 18.7 Å². The highest BCUT2D eigenvalue weighted by Gasteiger charge is 2.07. The Kier molecular flexibility index (Phi) is 3.76. The SMILES string of the molecule is Cc1ccc(CC(Cl)C=O)c(Cl)c1. The first-order valence-electron chi connectivity index (χ1n) is 3.98. The van der Waals surface area contributed by atoms with Crippen LogP contribution >= 0.6 is 23.2 Å². The van der Waals surface area contributed by atoms with Crippen LogP contribution in [0.4, 0.5) is 0 Å². The van der Waals surface area contributed by atoms with Gasteiger partial charge in [0.25, 0.3) is 0 Å². The molecule has 1 rings (SSSR count). The van der Waals surface area contributed by atoms with Crippen LogP contribution in [-0.4, -0.2) is 11.7 Å². The van der Waals surface area contributed by atoms with Gasteiger partial charge in [-0.3, -0.25) is 0 Å². The van der Waals surface area contributed by atoms with Crippen LogP contribution in [0.25, 0.3) is 0 Å². The molecule has 0 spiro atoms. The van der Waals surface area contributed by atoms with Crippen LogP contribution < -0.4 is 0 Å². The lowest BCUT2D eigenvalue weighted by Gasteiger charge is -2.05. The lowest BCUT2D eigenvalue weighted by molar-refractivity contribution is -0.107. The highest BCUT2D eigenvalue weighted by atomic mass is 35.5. The summed E-state index contributed by atoms with van der Waals surface area (Å²) in [5.41, 5.74) is 2.02. The molecule has 1 unspecified atom stereocenters. The highest BCUT2D eigenvalue weighted by Crippen LogP contribution is 2.19. The molecule has 1 atom stereocenters. The molecule has 1 aromatic rings. The molecular weight excluding hydrogens is 207 g/mol. The van der Waals surface area contributed by atoms with Crippen molar-refractivity contribution >= 4 is 29.5 Å². The number of hydrogen-bond acceptors (Lipinski definition) is 1. The number of alkyl halides is 1. The van der Waals surface area contributed by atoms with E-state index in [0.29, 0.717) is 11.4 Å². The normalized spacial score (nSPS) is 12.5. The minimum atomic E-state index is -0.486. The van der Waals surface area contributed by atoms with Gasteiger partial charge in [0.1, 0.15) is 6.29 Å². The van der Waals surface area contributed by atoms with Gasteiger partial charge in [-0.25, -0.2) is 0 Å². The van der Waals surface area contributed by atoms with Gasteiger partial charge in [0.05, 0.1) is 5.38 Å². The van der Waals surface area contributed by atoms with E-state index in [4.69, 9.17) is 23.2 Å². The fraction of sp³-hybridized carbons (Fsp3) is 0.300. The van der Waals surface area contributed by atoms with E-state index in [2.05, 4.69) is 0 Å². The second-order valence-corrected chi connectivity index (χ2v) is 3.92. The van der Waals surface area contributed by atoms with Gasteiger partial charge in [-0.15, -0.1) is 11.6 Å². The van der Waals surface area contributed by atoms with E-state index in [1.165, 1.54) is 0 Å². The Morgan fingerprint density at radius 1 is 1.54 bits per heavy atom. The number of aldehydes is 1. The fourth-order valence-electron chi connectivity index (χ4n) is 1.08. The molecule has 0 aromatic heterocycles. The van der Waals surface area contributed by atoms with Gasteiger partial charge >= 0.3 is 0 Å². The maximum absolute atomic E-state index is 10.3.